The quantitative estimate of drug-likeness (QED) is 0.207. The molecular weight excluding hydrogens is 637 g/mol. The molecule has 3 aromatic heterocycles. The van der Waals surface area contributed by atoms with Crippen LogP contribution in [-0.2, 0) is 29.1 Å². The molecule has 0 saturated carbocycles. The van der Waals surface area contributed by atoms with Crippen LogP contribution in [0.2, 0.25) is 0 Å². The van der Waals surface area contributed by atoms with E-state index in [9.17, 15) is 9.59 Å². The average Bonchev–Trinajstić information content (AvgIpc) is 3.90. The lowest BCUT2D eigenvalue weighted by Crippen LogP contribution is -2.52. The Hall–Kier alpha value is -2.44. The van der Waals surface area contributed by atoms with Gasteiger partial charge in [0.05, 0.1) is 19.6 Å². The van der Waals surface area contributed by atoms with Gasteiger partial charge in [-0.15, -0.1) is 34.0 Å². The fourth-order valence-corrected chi connectivity index (χ4v) is 9.20. The molecule has 46 heavy (non-hydrogen) atoms. The SMILES string of the molecule is CCCCN(Cc1cccs1)C(=O)O[C@H]1CN2CCC1CC2.O=C(O[C@H]1CN2CCC1CC2)N(Cc1cccs1)Cc1cccs1. The minimum atomic E-state index is -0.171. The Bertz CT molecular complexity index is 1280. The molecule has 2 amide bonds. The van der Waals surface area contributed by atoms with Gasteiger partial charge in [0.1, 0.15) is 12.2 Å². The average molecular weight is 685 g/mol. The minimum Gasteiger partial charge on any atom is -0.444 e. The monoisotopic (exact) mass is 684 g/mol. The van der Waals surface area contributed by atoms with E-state index in [0.717, 1.165) is 58.4 Å². The van der Waals surface area contributed by atoms with Crippen LogP contribution in [0, 0.1) is 11.8 Å². The summed E-state index contributed by atoms with van der Waals surface area (Å²) >= 11 is 5.07. The van der Waals surface area contributed by atoms with Crippen molar-refractivity contribution < 1.29 is 19.1 Å². The van der Waals surface area contributed by atoms with Gasteiger partial charge in [0.25, 0.3) is 0 Å². The number of nitrogens with zero attached hydrogens (tertiary/aromatic N) is 4. The number of thiophene rings is 3. The molecule has 11 heteroatoms. The molecule has 6 saturated heterocycles. The zero-order valence-electron chi connectivity index (χ0n) is 27.0. The van der Waals surface area contributed by atoms with Gasteiger partial charge < -0.3 is 14.4 Å². The summed E-state index contributed by atoms with van der Waals surface area (Å²) in [5.74, 6) is 1.12. The summed E-state index contributed by atoms with van der Waals surface area (Å²) in [5, 5.41) is 6.17. The predicted molar refractivity (Wildman–Crippen MR) is 186 cm³/mol. The zero-order valence-corrected chi connectivity index (χ0v) is 29.4. The molecule has 250 valence electrons. The van der Waals surface area contributed by atoms with Crippen molar-refractivity contribution in [3.63, 3.8) is 0 Å². The van der Waals surface area contributed by atoms with Gasteiger partial charge in [-0.2, -0.15) is 0 Å². The van der Waals surface area contributed by atoms with Gasteiger partial charge in [-0.05, 0) is 104 Å². The molecule has 2 atom stereocenters. The van der Waals surface area contributed by atoms with Gasteiger partial charge in [0.15, 0.2) is 0 Å². The summed E-state index contributed by atoms with van der Waals surface area (Å²) in [6, 6.07) is 12.3. The summed E-state index contributed by atoms with van der Waals surface area (Å²) in [6.07, 6.45) is 6.67. The fraction of sp³-hybridized carbons (Fsp3) is 0.600. The molecule has 8 nitrogen and oxygen atoms in total. The van der Waals surface area contributed by atoms with Crippen LogP contribution in [0.15, 0.2) is 52.5 Å². The van der Waals surface area contributed by atoms with Crippen LogP contribution >= 0.6 is 34.0 Å². The third-order valence-electron chi connectivity index (χ3n) is 9.78. The minimum absolute atomic E-state index is 0.0640. The lowest BCUT2D eigenvalue weighted by molar-refractivity contribution is -0.0449. The molecule has 9 rings (SSSR count). The molecule has 6 aliphatic heterocycles. The van der Waals surface area contributed by atoms with Crippen LogP contribution in [0.25, 0.3) is 0 Å². The Morgan fingerprint density at radius 2 is 1.11 bits per heavy atom. The van der Waals surface area contributed by atoms with Gasteiger partial charge in [0.2, 0.25) is 0 Å². The maximum Gasteiger partial charge on any atom is 0.410 e. The molecule has 0 radical (unpaired) electrons. The summed E-state index contributed by atoms with van der Waals surface area (Å²) in [5.41, 5.74) is 0. The second-order valence-electron chi connectivity index (χ2n) is 13.0. The molecule has 0 unspecified atom stereocenters. The number of fused-ring (bicyclic) bond motifs is 6. The summed E-state index contributed by atoms with van der Waals surface area (Å²) < 4.78 is 11.8. The highest BCUT2D eigenvalue weighted by molar-refractivity contribution is 7.10. The third-order valence-corrected chi connectivity index (χ3v) is 12.4. The van der Waals surface area contributed by atoms with E-state index in [4.69, 9.17) is 9.47 Å². The number of rotatable bonds is 11. The van der Waals surface area contributed by atoms with E-state index in [1.165, 1.54) is 40.6 Å². The van der Waals surface area contributed by atoms with Gasteiger partial charge >= 0.3 is 12.2 Å². The maximum absolute atomic E-state index is 12.8. The van der Waals surface area contributed by atoms with Gasteiger partial charge in [-0.25, -0.2) is 9.59 Å². The number of ether oxygens (including phenoxy) is 2. The molecule has 6 fully saturated rings. The van der Waals surface area contributed by atoms with Crippen LogP contribution in [0.5, 0.6) is 0 Å². The summed E-state index contributed by atoms with van der Waals surface area (Å²) in [7, 11) is 0. The number of unbranched alkanes of at least 4 members (excludes halogenated alkanes) is 1. The van der Waals surface area contributed by atoms with Gasteiger partial charge in [-0.1, -0.05) is 31.5 Å². The van der Waals surface area contributed by atoms with Crippen molar-refractivity contribution in [2.24, 2.45) is 11.8 Å². The van der Waals surface area contributed by atoms with E-state index >= 15 is 0 Å². The Morgan fingerprint density at radius 3 is 1.46 bits per heavy atom. The second-order valence-corrected chi connectivity index (χ2v) is 16.1. The highest BCUT2D eigenvalue weighted by Crippen LogP contribution is 2.31. The molecule has 0 aromatic carbocycles. The molecule has 0 N–H and O–H groups in total. The van der Waals surface area contributed by atoms with Crippen LogP contribution in [0.3, 0.4) is 0 Å². The Kier molecular flexibility index (Phi) is 12.1. The van der Waals surface area contributed by atoms with E-state index in [-0.39, 0.29) is 24.4 Å². The van der Waals surface area contributed by atoms with Crippen LogP contribution < -0.4 is 0 Å². The Labute approximate surface area is 285 Å². The standard InChI is InChI=1S/C18H22N2O2S2.C17H26N2O2S/c21-18(22-17-13-19-7-5-14(17)6-8-19)20(11-15-3-1-9-23-15)12-16-4-2-10-24-16;1-2-3-8-19(12-15-5-4-11-22-15)17(20)21-16-13-18-9-6-14(16)7-10-18/h1-4,9-10,14,17H,5-8,11-13H2;4-5,11,14,16H,2-3,6-10,12-13H2,1H3/t17-;16-/m00/s1. The number of amides is 2. The maximum atomic E-state index is 12.8. The predicted octanol–water partition coefficient (Wildman–Crippen LogP) is 7.62. The number of carbonyl (C=O) groups is 2. The first-order valence-electron chi connectivity index (χ1n) is 17.0. The van der Waals surface area contributed by atoms with Gasteiger partial charge in [-0.3, -0.25) is 14.7 Å². The van der Waals surface area contributed by atoms with Crippen molar-refractivity contribution >= 4 is 46.2 Å². The molecule has 9 heterocycles. The molecule has 4 bridgehead atoms. The van der Waals surface area contributed by atoms with E-state index in [1.54, 1.807) is 34.0 Å². The first kappa shape index (κ1) is 33.5. The molecule has 0 aliphatic carbocycles. The number of hydrogen-bond acceptors (Lipinski definition) is 9. The second kappa shape index (κ2) is 16.6. The van der Waals surface area contributed by atoms with E-state index in [1.807, 2.05) is 28.0 Å². The smallest absolute Gasteiger partial charge is 0.410 e. The van der Waals surface area contributed by atoms with E-state index in [0.29, 0.717) is 31.5 Å². The molecule has 0 spiro atoms. The highest BCUT2D eigenvalue weighted by Gasteiger charge is 2.38. The first-order chi connectivity index (χ1) is 22.5. The van der Waals surface area contributed by atoms with Crippen molar-refractivity contribution in [3.05, 3.63) is 67.2 Å². The normalized spacial score (nSPS) is 26.2. The first-order valence-corrected chi connectivity index (χ1v) is 19.6. The summed E-state index contributed by atoms with van der Waals surface area (Å²) in [6.45, 7) is 11.4. The van der Waals surface area contributed by atoms with Gasteiger partial charge in [0, 0.05) is 34.3 Å². The van der Waals surface area contributed by atoms with Crippen molar-refractivity contribution in [1.29, 1.82) is 0 Å². The van der Waals surface area contributed by atoms with Crippen LogP contribution in [0.4, 0.5) is 9.59 Å². The number of piperidine rings is 6. The third kappa shape index (κ3) is 9.13. The van der Waals surface area contributed by atoms with Crippen molar-refractivity contribution in [3.8, 4) is 0 Å². The van der Waals surface area contributed by atoms with Crippen molar-refractivity contribution in [1.82, 2.24) is 19.6 Å². The fourth-order valence-electron chi connectivity index (χ4n) is 7.04. The Balaban J connectivity index is 0.000000162. The molecular formula is C35H48N4O4S3. The van der Waals surface area contributed by atoms with E-state index in [2.05, 4.69) is 51.1 Å². The topological polar surface area (TPSA) is 65.6 Å². The number of hydrogen-bond donors (Lipinski definition) is 0. The van der Waals surface area contributed by atoms with Crippen molar-refractivity contribution in [2.45, 2.75) is 77.3 Å². The highest BCUT2D eigenvalue weighted by atomic mass is 32.1. The zero-order chi connectivity index (χ0) is 31.7. The largest absolute Gasteiger partial charge is 0.444 e. The van der Waals surface area contributed by atoms with E-state index < -0.39 is 0 Å². The lowest BCUT2D eigenvalue weighted by Gasteiger charge is -2.44. The number of carbonyl (C=O) groups excluding carboxylic acids is 2. The Morgan fingerprint density at radius 1 is 0.696 bits per heavy atom. The van der Waals surface area contributed by atoms with Crippen LogP contribution in [0.1, 0.15) is 60.1 Å². The lowest BCUT2D eigenvalue weighted by atomic mass is 9.86. The molecule has 3 aromatic rings. The van der Waals surface area contributed by atoms with Crippen molar-refractivity contribution in [2.75, 3.05) is 45.8 Å². The summed E-state index contributed by atoms with van der Waals surface area (Å²) in [4.78, 5) is 37.6. The van der Waals surface area contributed by atoms with Crippen LogP contribution in [-0.4, -0.2) is 89.8 Å². The molecule has 6 aliphatic rings.